The Bertz CT molecular complexity index is 183. The molecule has 0 aromatic heterocycles. The van der Waals surface area contributed by atoms with E-state index in [9.17, 15) is 4.79 Å². The normalized spacial score (nSPS) is 17.4. The second-order valence-corrected chi connectivity index (χ2v) is 3.92. The molecule has 1 rings (SSSR count). The zero-order chi connectivity index (χ0) is 9.90. The second kappa shape index (κ2) is 4.09. The number of hydrogen-bond donors (Lipinski definition) is 2. The lowest BCUT2D eigenvalue weighted by atomic mass is 9.93. The summed E-state index contributed by atoms with van der Waals surface area (Å²) in [6.07, 6.45) is 3.84. The molecule has 0 aromatic carbocycles. The smallest absolute Gasteiger partial charge is 0.323 e. The molecule has 0 atom stereocenters. The van der Waals surface area contributed by atoms with Crippen LogP contribution in [0.3, 0.4) is 0 Å². The van der Waals surface area contributed by atoms with Crippen molar-refractivity contribution in [3.63, 3.8) is 0 Å². The van der Waals surface area contributed by atoms with Gasteiger partial charge in [0.2, 0.25) is 0 Å². The summed E-state index contributed by atoms with van der Waals surface area (Å²) < 4.78 is 0. The van der Waals surface area contributed by atoms with Crippen LogP contribution in [0, 0.1) is 5.92 Å². The Balaban J connectivity index is 2.47. The fourth-order valence-corrected chi connectivity index (χ4v) is 1.54. The Hall–Kier alpha value is -0.570. The molecule has 1 aliphatic carbocycles. The summed E-state index contributed by atoms with van der Waals surface area (Å²) in [6.45, 7) is 4.73. The molecule has 0 unspecified atom stereocenters. The zero-order valence-corrected chi connectivity index (χ0v) is 8.47. The highest BCUT2D eigenvalue weighted by atomic mass is 16.4. The van der Waals surface area contributed by atoms with Crippen molar-refractivity contribution in [1.29, 1.82) is 0 Å². The largest absolute Gasteiger partial charge is 0.480 e. The molecule has 13 heavy (non-hydrogen) atoms. The van der Waals surface area contributed by atoms with Gasteiger partial charge < -0.3 is 10.4 Å². The number of carbonyl (C=O) groups is 1. The molecular weight excluding hydrogens is 166 g/mol. The molecule has 0 aromatic rings. The van der Waals surface area contributed by atoms with Crippen LogP contribution >= 0.6 is 0 Å². The molecule has 1 saturated carbocycles. The second-order valence-electron chi connectivity index (χ2n) is 3.92. The summed E-state index contributed by atoms with van der Waals surface area (Å²) in [6, 6.07) is 0. The fourth-order valence-electron chi connectivity index (χ4n) is 1.54. The first-order valence-corrected chi connectivity index (χ1v) is 5.13. The summed E-state index contributed by atoms with van der Waals surface area (Å²) in [5.74, 6) is 0.0231. The lowest BCUT2D eigenvalue weighted by molar-refractivity contribution is -0.145. The SMILES string of the molecule is CCC(CC)(NCC1CC1)C(=O)O. The van der Waals surface area contributed by atoms with Crippen LogP contribution in [0.15, 0.2) is 0 Å². The van der Waals surface area contributed by atoms with Crippen molar-refractivity contribution >= 4 is 5.97 Å². The molecule has 0 radical (unpaired) electrons. The van der Waals surface area contributed by atoms with Gasteiger partial charge in [0.05, 0.1) is 0 Å². The van der Waals surface area contributed by atoms with Crippen LogP contribution in [-0.4, -0.2) is 23.2 Å². The number of carboxylic acid groups (broad SMARTS) is 1. The lowest BCUT2D eigenvalue weighted by Crippen LogP contribution is -2.51. The predicted octanol–water partition coefficient (Wildman–Crippen LogP) is 1.63. The van der Waals surface area contributed by atoms with Crippen molar-refractivity contribution in [2.24, 2.45) is 5.92 Å². The van der Waals surface area contributed by atoms with Crippen molar-refractivity contribution in [3.05, 3.63) is 0 Å². The molecule has 0 spiro atoms. The highest BCUT2D eigenvalue weighted by molar-refractivity contribution is 5.78. The number of rotatable bonds is 6. The van der Waals surface area contributed by atoms with Gasteiger partial charge in [0.15, 0.2) is 0 Å². The van der Waals surface area contributed by atoms with E-state index in [4.69, 9.17) is 5.11 Å². The molecule has 1 fully saturated rings. The zero-order valence-electron chi connectivity index (χ0n) is 8.47. The fraction of sp³-hybridized carbons (Fsp3) is 0.900. The highest BCUT2D eigenvalue weighted by Crippen LogP contribution is 2.29. The minimum absolute atomic E-state index is 0.658. The molecule has 1 aliphatic rings. The Labute approximate surface area is 79.5 Å². The van der Waals surface area contributed by atoms with Gasteiger partial charge in [0.1, 0.15) is 5.54 Å². The van der Waals surface area contributed by atoms with Crippen LogP contribution in [0.2, 0.25) is 0 Å². The molecular formula is C10H19NO2. The molecule has 76 valence electrons. The van der Waals surface area contributed by atoms with Gasteiger partial charge in [0.25, 0.3) is 0 Å². The summed E-state index contributed by atoms with van der Waals surface area (Å²) in [4.78, 5) is 11.1. The lowest BCUT2D eigenvalue weighted by Gasteiger charge is -2.28. The van der Waals surface area contributed by atoms with Crippen LogP contribution in [0.4, 0.5) is 0 Å². The van der Waals surface area contributed by atoms with E-state index in [1.165, 1.54) is 12.8 Å². The van der Waals surface area contributed by atoms with Gasteiger partial charge in [-0.2, -0.15) is 0 Å². The van der Waals surface area contributed by atoms with Crippen LogP contribution in [-0.2, 0) is 4.79 Å². The summed E-state index contributed by atoms with van der Waals surface area (Å²) in [7, 11) is 0. The molecule has 0 saturated heterocycles. The van der Waals surface area contributed by atoms with Gasteiger partial charge in [-0.15, -0.1) is 0 Å². The van der Waals surface area contributed by atoms with Crippen molar-refractivity contribution in [1.82, 2.24) is 5.32 Å². The first-order chi connectivity index (χ1) is 6.14. The topological polar surface area (TPSA) is 49.3 Å². The Morgan fingerprint density at radius 1 is 1.46 bits per heavy atom. The molecule has 0 heterocycles. The summed E-state index contributed by atoms with van der Waals surface area (Å²) in [5.41, 5.74) is -0.678. The van der Waals surface area contributed by atoms with Crippen LogP contribution < -0.4 is 5.32 Å². The van der Waals surface area contributed by atoms with Gasteiger partial charge in [-0.05, 0) is 38.1 Å². The van der Waals surface area contributed by atoms with Crippen molar-refractivity contribution in [2.75, 3.05) is 6.54 Å². The molecule has 3 heteroatoms. The van der Waals surface area contributed by atoms with Gasteiger partial charge in [-0.25, -0.2) is 0 Å². The van der Waals surface area contributed by atoms with E-state index in [0.29, 0.717) is 12.8 Å². The maximum atomic E-state index is 11.1. The monoisotopic (exact) mass is 185 g/mol. The van der Waals surface area contributed by atoms with E-state index in [2.05, 4.69) is 5.32 Å². The van der Waals surface area contributed by atoms with E-state index in [-0.39, 0.29) is 0 Å². The minimum atomic E-state index is -0.710. The van der Waals surface area contributed by atoms with Crippen LogP contribution in [0.5, 0.6) is 0 Å². The van der Waals surface area contributed by atoms with E-state index in [0.717, 1.165) is 12.5 Å². The Kier molecular flexibility index (Phi) is 3.31. The predicted molar refractivity (Wildman–Crippen MR) is 51.7 cm³/mol. The van der Waals surface area contributed by atoms with E-state index in [1.807, 2.05) is 13.8 Å². The third-order valence-electron chi connectivity index (χ3n) is 3.04. The maximum absolute atomic E-state index is 11.1. The van der Waals surface area contributed by atoms with Crippen LogP contribution in [0.1, 0.15) is 39.5 Å². The molecule has 2 N–H and O–H groups in total. The Morgan fingerprint density at radius 2 is 2.00 bits per heavy atom. The average Bonchev–Trinajstić information content (AvgIpc) is 2.90. The first kappa shape index (κ1) is 10.5. The number of aliphatic carboxylic acids is 1. The van der Waals surface area contributed by atoms with Crippen molar-refractivity contribution in [2.45, 2.75) is 45.1 Å². The third-order valence-corrected chi connectivity index (χ3v) is 3.04. The van der Waals surface area contributed by atoms with Gasteiger partial charge in [-0.1, -0.05) is 13.8 Å². The highest BCUT2D eigenvalue weighted by Gasteiger charge is 2.35. The standard InChI is InChI=1S/C10H19NO2/c1-3-10(4-2,9(12)13)11-7-8-5-6-8/h8,11H,3-7H2,1-2H3,(H,12,13). The number of carboxylic acids is 1. The van der Waals surface area contributed by atoms with E-state index >= 15 is 0 Å². The quantitative estimate of drug-likeness (QED) is 0.661. The average molecular weight is 185 g/mol. The molecule has 0 aliphatic heterocycles. The van der Waals surface area contributed by atoms with Crippen LogP contribution in [0.25, 0.3) is 0 Å². The molecule has 3 nitrogen and oxygen atoms in total. The van der Waals surface area contributed by atoms with Crippen molar-refractivity contribution < 1.29 is 9.90 Å². The minimum Gasteiger partial charge on any atom is -0.480 e. The Morgan fingerprint density at radius 3 is 2.31 bits per heavy atom. The van der Waals surface area contributed by atoms with Gasteiger partial charge in [0, 0.05) is 0 Å². The van der Waals surface area contributed by atoms with E-state index in [1.54, 1.807) is 0 Å². The summed E-state index contributed by atoms with van der Waals surface area (Å²) in [5, 5.41) is 12.3. The van der Waals surface area contributed by atoms with Crippen molar-refractivity contribution in [3.8, 4) is 0 Å². The summed E-state index contributed by atoms with van der Waals surface area (Å²) >= 11 is 0. The van der Waals surface area contributed by atoms with E-state index < -0.39 is 11.5 Å². The third kappa shape index (κ3) is 2.44. The number of nitrogens with one attached hydrogen (secondary N) is 1. The maximum Gasteiger partial charge on any atom is 0.323 e. The molecule has 0 amide bonds. The van der Waals surface area contributed by atoms with Gasteiger partial charge >= 0.3 is 5.97 Å². The molecule has 0 bridgehead atoms. The number of hydrogen-bond acceptors (Lipinski definition) is 2. The van der Waals surface area contributed by atoms with Gasteiger partial charge in [-0.3, -0.25) is 4.79 Å². The first-order valence-electron chi connectivity index (χ1n) is 5.13.